The van der Waals surface area contributed by atoms with Gasteiger partial charge in [0.05, 0.1) is 12.1 Å². The molecule has 0 fully saturated rings. The Morgan fingerprint density at radius 1 is 1.32 bits per heavy atom. The van der Waals surface area contributed by atoms with Crippen LogP contribution in [0.5, 0.6) is 0 Å². The third-order valence-corrected chi connectivity index (χ3v) is 2.70. The fourth-order valence-electron chi connectivity index (χ4n) is 1.52. The summed E-state index contributed by atoms with van der Waals surface area (Å²) in [5, 5.41) is 6.72. The van der Waals surface area contributed by atoms with Crippen molar-refractivity contribution in [3.8, 4) is 0 Å². The van der Waals surface area contributed by atoms with Gasteiger partial charge in [-0.1, -0.05) is 11.6 Å². The first kappa shape index (κ1) is 13.7. The van der Waals surface area contributed by atoms with Crippen molar-refractivity contribution >= 4 is 17.3 Å². The van der Waals surface area contributed by atoms with Gasteiger partial charge in [0, 0.05) is 17.8 Å². The molecule has 0 saturated heterocycles. The highest BCUT2D eigenvalue weighted by Crippen LogP contribution is 2.33. The van der Waals surface area contributed by atoms with Crippen LogP contribution >= 0.6 is 11.6 Å². The third-order valence-electron chi connectivity index (χ3n) is 2.48. The normalized spacial score (nSPS) is 11.6. The minimum absolute atomic E-state index is 0.0234. The lowest BCUT2D eigenvalue weighted by molar-refractivity contribution is -0.137. The van der Waals surface area contributed by atoms with Crippen molar-refractivity contribution in [3.05, 3.63) is 40.9 Å². The van der Waals surface area contributed by atoms with E-state index in [0.29, 0.717) is 5.82 Å². The molecular weight excluding hydrogens is 281 g/mol. The Morgan fingerprint density at radius 2 is 2.05 bits per heavy atom. The summed E-state index contributed by atoms with van der Waals surface area (Å²) in [4.78, 5) is 3.96. The molecule has 0 aliphatic heterocycles. The Morgan fingerprint density at radius 3 is 2.63 bits per heavy atom. The van der Waals surface area contributed by atoms with Crippen molar-refractivity contribution < 1.29 is 13.2 Å². The third kappa shape index (κ3) is 3.37. The number of nitrogens with zero attached hydrogens (tertiary/aromatic N) is 3. The molecule has 8 heteroatoms. The summed E-state index contributed by atoms with van der Waals surface area (Å²) in [5.74, 6) is 0.605. The predicted octanol–water partition coefficient (Wildman–Crippen LogP) is 3.10. The Hall–Kier alpha value is -1.76. The van der Waals surface area contributed by atoms with Gasteiger partial charge in [-0.15, -0.1) is 0 Å². The van der Waals surface area contributed by atoms with Crippen LogP contribution < -0.4 is 5.32 Å². The average Bonchev–Trinajstić information content (AvgIpc) is 2.70. The molecule has 2 rings (SSSR count). The number of rotatable bonds is 3. The van der Waals surface area contributed by atoms with E-state index in [4.69, 9.17) is 11.6 Å². The van der Waals surface area contributed by atoms with Crippen molar-refractivity contribution in [2.75, 3.05) is 5.32 Å². The Bertz CT molecular complexity index is 580. The molecule has 0 bridgehead atoms. The quantitative estimate of drug-likeness (QED) is 0.944. The van der Waals surface area contributed by atoms with E-state index in [9.17, 15) is 13.2 Å². The largest absolute Gasteiger partial charge is 0.416 e. The smallest absolute Gasteiger partial charge is 0.378 e. The minimum atomic E-state index is -4.42. The van der Waals surface area contributed by atoms with Gasteiger partial charge in [0.1, 0.15) is 12.2 Å². The molecule has 2 aromatic rings. The van der Waals surface area contributed by atoms with Crippen LogP contribution in [0.1, 0.15) is 11.4 Å². The molecule has 0 atom stereocenters. The van der Waals surface area contributed by atoms with Crippen LogP contribution in [-0.4, -0.2) is 14.8 Å². The number of benzene rings is 1. The lowest BCUT2D eigenvalue weighted by Crippen LogP contribution is -2.09. The van der Waals surface area contributed by atoms with E-state index < -0.39 is 11.7 Å². The molecule has 1 heterocycles. The van der Waals surface area contributed by atoms with Crippen LogP contribution in [-0.2, 0) is 19.8 Å². The molecule has 0 aliphatic carbocycles. The Labute approximate surface area is 112 Å². The minimum Gasteiger partial charge on any atom is -0.378 e. The zero-order chi connectivity index (χ0) is 14.0. The predicted molar refractivity (Wildman–Crippen MR) is 64.8 cm³/mol. The van der Waals surface area contributed by atoms with Crippen LogP contribution in [0.2, 0.25) is 5.02 Å². The molecule has 0 radical (unpaired) electrons. The first-order valence-electron chi connectivity index (χ1n) is 5.31. The monoisotopic (exact) mass is 290 g/mol. The number of halogens is 4. The van der Waals surface area contributed by atoms with Crippen LogP contribution in [0.25, 0.3) is 0 Å². The maximum absolute atomic E-state index is 12.6. The first-order chi connectivity index (χ1) is 8.86. The van der Waals surface area contributed by atoms with E-state index in [-0.39, 0.29) is 17.3 Å². The second-order valence-corrected chi connectivity index (χ2v) is 4.32. The fourth-order valence-corrected chi connectivity index (χ4v) is 1.75. The van der Waals surface area contributed by atoms with Crippen LogP contribution in [0, 0.1) is 0 Å². The fraction of sp³-hybridized carbons (Fsp3) is 0.273. The molecule has 19 heavy (non-hydrogen) atoms. The molecule has 4 nitrogen and oxygen atoms in total. The first-order valence-corrected chi connectivity index (χ1v) is 5.68. The number of aryl methyl sites for hydroxylation is 1. The van der Waals surface area contributed by atoms with Gasteiger partial charge < -0.3 is 5.32 Å². The topological polar surface area (TPSA) is 42.7 Å². The average molecular weight is 291 g/mol. The zero-order valence-corrected chi connectivity index (χ0v) is 10.6. The second-order valence-electron chi connectivity index (χ2n) is 3.88. The SMILES string of the molecule is Cn1ncnc1CNc1cc(Cl)cc(C(F)(F)F)c1. The van der Waals surface area contributed by atoms with Crippen molar-refractivity contribution in [2.24, 2.45) is 7.05 Å². The van der Waals surface area contributed by atoms with Crippen LogP contribution in [0.15, 0.2) is 24.5 Å². The van der Waals surface area contributed by atoms with E-state index in [2.05, 4.69) is 15.4 Å². The maximum atomic E-state index is 12.6. The van der Waals surface area contributed by atoms with E-state index >= 15 is 0 Å². The summed E-state index contributed by atoms with van der Waals surface area (Å²) in [5.41, 5.74) is -0.511. The summed E-state index contributed by atoms with van der Waals surface area (Å²) in [6.07, 6.45) is -3.05. The second kappa shape index (κ2) is 5.08. The van der Waals surface area contributed by atoms with E-state index in [1.807, 2.05) is 0 Å². The molecule has 1 N–H and O–H groups in total. The van der Waals surface area contributed by atoms with Crippen molar-refractivity contribution in [3.63, 3.8) is 0 Å². The number of hydrogen-bond acceptors (Lipinski definition) is 3. The van der Waals surface area contributed by atoms with Crippen molar-refractivity contribution in [1.29, 1.82) is 0 Å². The van der Waals surface area contributed by atoms with Gasteiger partial charge >= 0.3 is 6.18 Å². The highest BCUT2D eigenvalue weighted by molar-refractivity contribution is 6.30. The summed E-state index contributed by atoms with van der Waals surface area (Å²) in [7, 11) is 1.70. The van der Waals surface area contributed by atoms with Crippen molar-refractivity contribution in [1.82, 2.24) is 14.8 Å². The Kier molecular flexibility index (Phi) is 3.66. The lowest BCUT2D eigenvalue weighted by atomic mass is 10.2. The highest BCUT2D eigenvalue weighted by Gasteiger charge is 2.31. The van der Waals surface area contributed by atoms with Crippen LogP contribution in [0.4, 0.5) is 18.9 Å². The molecule has 0 unspecified atom stereocenters. The summed E-state index contributed by atoms with van der Waals surface area (Å²) in [6.45, 7) is 0.258. The van der Waals surface area contributed by atoms with E-state index in [1.54, 1.807) is 7.05 Å². The molecular formula is C11H10ClF3N4. The molecule has 0 amide bonds. The van der Waals surface area contributed by atoms with Gasteiger partial charge in [-0.25, -0.2) is 4.98 Å². The number of alkyl halides is 3. The molecule has 0 aliphatic rings. The van der Waals surface area contributed by atoms with Gasteiger partial charge in [-0.05, 0) is 18.2 Å². The number of aromatic nitrogens is 3. The lowest BCUT2D eigenvalue weighted by Gasteiger charge is -2.11. The molecule has 0 spiro atoms. The zero-order valence-electron chi connectivity index (χ0n) is 9.87. The Balaban J connectivity index is 2.17. The standard InChI is InChI=1S/C11H10ClF3N4/c1-19-10(17-6-18-19)5-16-9-3-7(11(13,14)15)2-8(12)4-9/h2-4,6,16H,5H2,1H3. The van der Waals surface area contributed by atoms with E-state index in [0.717, 1.165) is 12.1 Å². The molecule has 102 valence electrons. The molecule has 1 aromatic heterocycles. The van der Waals surface area contributed by atoms with Crippen molar-refractivity contribution in [2.45, 2.75) is 12.7 Å². The van der Waals surface area contributed by atoms with Gasteiger partial charge in [0.2, 0.25) is 0 Å². The summed E-state index contributed by atoms with van der Waals surface area (Å²) >= 11 is 5.67. The van der Waals surface area contributed by atoms with E-state index in [1.165, 1.54) is 17.1 Å². The maximum Gasteiger partial charge on any atom is 0.416 e. The number of hydrogen-bond donors (Lipinski definition) is 1. The number of anilines is 1. The van der Waals surface area contributed by atoms with Gasteiger partial charge in [-0.2, -0.15) is 18.3 Å². The van der Waals surface area contributed by atoms with Crippen LogP contribution in [0.3, 0.4) is 0 Å². The van der Waals surface area contributed by atoms with Gasteiger partial charge in [0.25, 0.3) is 0 Å². The summed E-state index contributed by atoms with van der Waals surface area (Å²) in [6, 6.07) is 3.31. The van der Waals surface area contributed by atoms with Gasteiger partial charge in [-0.3, -0.25) is 4.68 Å². The molecule has 1 aromatic carbocycles. The highest BCUT2D eigenvalue weighted by atomic mass is 35.5. The molecule has 0 saturated carbocycles. The number of nitrogens with one attached hydrogen (secondary N) is 1. The van der Waals surface area contributed by atoms with Gasteiger partial charge in [0.15, 0.2) is 0 Å². The summed E-state index contributed by atoms with van der Waals surface area (Å²) < 4.78 is 39.4.